The van der Waals surface area contributed by atoms with Crippen molar-refractivity contribution < 1.29 is 0 Å². The van der Waals surface area contributed by atoms with Crippen molar-refractivity contribution in [2.45, 2.75) is 105 Å². The molecule has 0 N–H and O–H groups in total. The summed E-state index contributed by atoms with van der Waals surface area (Å²) in [6.45, 7) is 28.0. The third kappa shape index (κ3) is 9.64. The first-order valence-electron chi connectivity index (χ1n) is 33.3. The first-order chi connectivity index (χ1) is 44.7. The lowest BCUT2D eigenvalue weighted by molar-refractivity contribution is 0.567. The van der Waals surface area contributed by atoms with Crippen LogP contribution in [0.5, 0.6) is 0 Å². The molecule has 0 amide bonds. The van der Waals surface area contributed by atoms with E-state index in [2.05, 4.69) is 363 Å². The summed E-state index contributed by atoms with van der Waals surface area (Å²) in [4.78, 5) is 5.29. The maximum atomic E-state index is 2.67. The van der Waals surface area contributed by atoms with Crippen LogP contribution in [-0.4, -0.2) is 15.8 Å². The molecule has 0 bridgehead atoms. The highest BCUT2D eigenvalue weighted by molar-refractivity contribution is 7.00. The minimum absolute atomic E-state index is 0.0658. The fourth-order valence-electron chi connectivity index (χ4n) is 15.0. The summed E-state index contributed by atoms with van der Waals surface area (Å²) in [6, 6.07) is 99.7. The topological polar surface area (TPSA) is 16.3 Å². The zero-order chi connectivity index (χ0) is 64.0. The fourth-order valence-corrected chi connectivity index (χ4v) is 15.0. The fraction of sp³-hybridized carbons (Fsp3) is 0.182. The molecule has 93 heavy (non-hydrogen) atoms. The number of benzene rings is 12. The van der Waals surface area contributed by atoms with E-state index in [0.717, 1.165) is 34.0 Å². The van der Waals surface area contributed by atoms with Crippen LogP contribution in [0.2, 0.25) is 0 Å². The molecule has 0 fully saturated rings. The van der Waals surface area contributed by atoms with Gasteiger partial charge >= 0.3 is 0 Å². The molecule has 5 heteroatoms. The van der Waals surface area contributed by atoms with Gasteiger partial charge in [0, 0.05) is 55.7 Å². The molecule has 0 spiro atoms. The van der Waals surface area contributed by atoms with Gasteiger partial charge in [0.05, 0.1) is 33.4 Å². The molecule has 0 saturated carbocycles. The van der Waals surface area contributed by atoms with Gasteiger partial charge in [-0.2, -0.15) is 0 Å². The molecule has 0 atom stereocenters. The normalized spacial score (nSPS) is 13.3. The van der Waals surface area contributed by atoms with Crippen molar-refractivity contribution in [3.05, 3.63) is 283 Å². The van der Waals surface area contributed by atoms with Crippen molar-refractivity contribution in [3.8, 4) is 44.8 Å². The Labute approximate surface area is 549 Å². The highest BCUT2D eigenvalue weighted by atomic mass is 15.2. The molecular weight excluding hydrogens is 1120 g/mol. The van der Waals surface area contributed by atoms with Gasteiger partial charge < -0.3 is 18.9 Å². The van der Waals surface area contributed by atoms with Crippen molar-refractivity contribution in [1.82, 2.24) is 9.13 Å². The second-order valence-corrected chi connectivity index (χ2v) is 30.3. The van der Waals surface area contributed by atoms with E-state index in [4.69, 9.17) is 0 Å². The highest BCUT2D eigenvalue weighted by Crippen LogP contribution is 2.52. The number of fused-ring (bicyclic) bond motifs is 11. The average Bonchev–Trinajstić information content (AvgIpc) is 1.66. The molecule has 12 aromatic carbocycles. The third-order valence-corrected chi connectivity index (χ3v) is 20.0. The summed E-state index contributed by atoms with van der Waals surface area (Å²) in [5.74, 6) is 0. The van der Waals surface area contributed by atoms with Gasteiger partial charge in [-0.3, -0.25) is 0 Å². The predicted molar refractivity (Wildman–Crippen MR) is 400 cm³/mol. The first-order valence-corrected chi connectivity index (χ1v) is 33.3. The Bertz CT molecular complexity index is 5210. The second kappa shape index (κ2) is 21.2. The summed E-state index contributed by atoms with van der Waals surface area (Å²) in [5.41, 5.74) is 29.7. The van der Waals surface area contributed by atoms with Crippen LogP contribution in [0, 0.1) is 0 Å². The van der Waals surface area contributed by atoms with Gasteiger partial charge in [0.25, 0.3) is 6.71 Å². The zero-order valence-electron chi connectivity index (χ0n) is 55.7. The van der Waals surface area contributed by atoms with Crippen molar-refractivity contribution in [3.63, 3.8) is 0 Å². The molecule has 4 heterocycles. The lowest BCUT2D eigenvalue weighted by Gasteiger charge is -2.45. The maximum Gasteiger partial charge on any atom is 0.252 e. The van der Waals surface area contributed by atoms with E-state index in [9.17, 15) is 0 Å². The summed E-state index contributed by atoms with van der Waals surface area (Å²) in [6.07, 6.45) is 0. The van der Waals surface area contributed by atoms with Gasteiger partial charge in [0.2, 0.25) is 0 Å². The summed E-state index contributed by atoms with van der Waals surface area (Å²) in [5, 5.41) is 4.90. The quantitative estimate of drug-likeness (QED) is 0.148. The summed E-state index contributed by atoms with van der Waals surface area (Å²) >= 11 is 0. The SMILES string of the molecule is CC(C)(C)c1cc(-c2ccc3c(c2)N(c2cccc(-c4ccccc4)c2)c2cc(-n4c5ccccc5c5ccccc54)cc4c2B3c2ccc3c(c2N4c2cccc(-c4ccccc4)c2)c2ccccc2n3-c2cc(C(C)(C)C)cc(C(C)(C)C)c2)cc(C(C)(C)C)c1. The molecule has 454 valence electrons. The molecule has 0 unspecified atom stereocenters. The largest absolute Gasteiger partial charge is 0.311 e. The van der Waals surface area contributed by atoms with Crippen molar-refractivity contribution >= 4 is 101 Å². The summed E-state index contributed by atoms with van der Waals surface area (Å²) < 4.78 is 5.10. The van der Waals surface area contributed by atoms with E-state index in [-0.39, 0.29) is 28.4 Å². The van der Waals surface area contributed by atoms with Gasteiger partial charge in [-0.15, -0.1) is 0 Å². The Morgan fingerprint density at radius 2 is 0.667 bits per heavy atom. The Kier molecular flexibility index (Phi) is 13.2. The Hall–Kier alpha value is -10.1. The molecule has 2 aliphatic rings. The molecule has 14 aromatic rings. The molecule has 0 radical (unpaired) electrons. The number of rotatable bonds is 7. The molecule has 4 nitrogen and oxygen atoms in total. The highest BCUT2D eigenvalue weighted by Gasteiger charge is 2.45. The molecule has 0 aliphatic carbocycles. The van der Waals surface area contributed by atoms with Crippen LogP contribution in [-0.2, 0) is 21.7 Å². The number of anilines is 6. The molecular formula is C88H79BN4. The van der Waals surface area contributed by atoms with E-state index in [0.29, 0.717) is 0 Å². The Morgan fingerprint density at radius 1 is 0.258 bits per heavy atom. The molecule has 16 rings (SSSR count). The van der Waals surface area contributed by atoms with E-state index in [1.165, 1.54) is 127 Å². The van der Waals surface area contributed by atoms with Crippen molar-refractivity contribution in [1.29, 1.82) is 0 Å². The number of para-hydroxylation sites is 3. The second-order valence-electron chi connectivity index (χ2n) is 30.3. The van der Waals surface area contributed by atoms with Crippen LogP contribution in [0.1, 0.15) is 105 Å². The molecule has 0 saturated heterocycles. The van der Waals surface area contributed by atoms with Gasteiger partial charge in [-0.05, 0) is 173 Å². The Morgan fingerprint density at radius 3 is 1.19 bits per heavy atom. The smallest absolute Gasteiger partial charge is 0.252 e. The van der Waals surface area contributed by atoms with Crippen LogP contribution < -0.4 is 26.2 Å². The molecule has 2 aliphatic heterocycles. The van der Waals surface area contributed by atoms with Crippen LogP contribution in [0.15, 0.2) is 261 Å². The minimum atomic E-state index is -0.183. The standard InChI is InChI=1S/C88H79BN4/c1-85(2,3)62-45-61(46-63(50-62)86(4,5)6)60-41-42-73-79(49-60)90(66-33-25-31-58(47-66)56-27-15-13-16-28-56)80-54-69(91-75-38-22-19-35-70(75)71-36-20-23-39-76(71)91)55-81-83(80)89(73)74-43-44-78-82(84(74)93(81)67-34-26-32-59(48-67)57-29-17-14-18-30-57)72-37-21-24-40-77(72)92(78)68-52-64(87(7,8)9)51-65(53-68)88(10,11)12/h13-55H,1-12H3. The zero-order valence-corrected chi connectivity index (χ0v) is 55.7. The van der Waals surface area contributed by atoms with Gasteiger partial charge in [-0.1, -0.05) is 265 Å². The first kappa shape index (κ1) is 58.0. The van der Waals surface area contributed by atoms with Crippen LogP contribution >= 0.6 is 0 Å². The van der Waals surface area contributed by atoms with Crippen LogP contribution in [0.25, 0.3) is 88.4 Å². The van der Waals surface area contributed by atoms with Crippen molar-refractivity contribution in [2.75, 3.05) is 9.80 Å². The van der Waals surface area contributed by atoms with Crippen molar-refractivity contribution in [2.24, 2.45) is 0 Å². The predicted octanol–water partition coefficient (Wildman–Crippen LogP) is 22.2. The monoisotopic (exact) mass is 1200 g/mol. The lowest BCUT2D eigenvalue weighted by atomic mass is 9.33. The minimum Gasteiger partial charge on any atom is -0.311 e. The third-order valence-electron chi connectivity index (χ3n) is 20.0. The van der Waals surface area contributed by atoms with Gasteiger partial charge in [0.15, 0.2) is 0 Å². The number of hydrogen-bond donors (Lipinski definition) is 0. The molecule has 2 aromatic heterocycles. The van der Waals surface area contributed by atoms with Gasteiger partial charge in [-0.25, -0.2) is 0 Å². The lowest BCUT2D eigenvalue weighted by Crippen LogP contribution is -2.61. The van der Waals surface area contributed by atoms with Crippen LogP contribution in [0.3, 0.4) is 0 Å². The van der Waals surface area contributed by atoms with E-state index in [1.807, 2.05) is 0 Å². The number of hydrogen-bond acceptors (Lipinski definition) is 2. The number of nitrogens with zero attached hydrogens (tertiary/aromatic N) is 4. The van der Waals surface area contributed by atoms with E-state index >= 15 is 0 Å². The number of aromatic nitrogens is 2. The van der Waals surface area contributed by atoms with E-state index in [1.54, 1.807) is 0 Å². The van der Waals surface area contributed by atoms with Gasteiger partial charge in [0.1, 0.15) is 0 Å². The maximum absolute atomic E-state index is 2.67. The van der Waals surface area contributed by atoms with E-state index < -0.39 is 0 Å². The van der Waals surface area contributed by atoms with Crippen LogP contribution in [0.4, 0.5) is 34.1 Å². The Balaban J connectivity index is 1.08. The summed E-state index contributed by atoms with van der Waals surface area (Å²) in [7, 11) is 0. The average molecular weight is 1200 g/mol.